The van der Waals surface area contributed by atoms with E-state index >= 15 is 0 Å². The zero-order valence-corrected chi connectivity index (χ0v) is 11.2. The third-order valence-corrected chi connectivity index (χ3v) is 3.32. The molecule has 0 unspecified atom stereocenters. The van der Waals surface area contributed by atoms with Crippen LogP contribution < -0.4 is 0 Å². The van der Waals surface area contributed by atoms with Crippen molar-refractivity contribution in [1.82, 2.24) is 9.78 Å². The molecule has 3 nitrogen and oxygen atoms in total. The first kappa shape index (κ1) is 12.5. The highest BCUT2D eigenvalue weighted by Gasteiger charge is 2.07. The molecule has 3 rings (SSSR count). The quantitative estimate of drug-likeness (QED) is 0.710. The topological polar surface area (TPSA) is 41.6 Å². The van der Waals surface area contributed by atoms with Gasteiger partial charge in [-0.25, -0.2) is 4.68 Å². The van der Waals surface area contributed by atoms with Crippen molar-refractivity contribution < 1.29 is 0 Å². The van der Waals surface area contributed by atoms with Crippen LogP contribution in [0.25, 0.3) is 16.8 Å². The Morgan fingerprint density at radius 3 is 2.55 bits per heavy atom. The van der Waals surface area contributed by atoms with Crippen LogP contribution in [0.3, 0.4) is 0 Å². The summed E-state index contributed by atoms with van der Waals surface area (Å²) in [5.41, 5.74) is 3.41. The molecule has 96 valence electrons. The predicted molar refractivity (Wildman–Crippen MR) is 78.7 cm³/mol. The fourth-order valence-corrected chi connectivity index (χ4v) is 2.26. The number of rotatable bonds is 2. The smallest absolute Gasteiger partial charge is 0.0992 e. The molecular weight excluding hydrogens is 270 g/mol. The Morgan fingerprint density at radius 2 is 1.85 bits per heavy atom. The molecule has 0 bridgehead atoms. The monoisotopic (exact) mass is 279 g/mol. The fourth-order valence-electron chi connectivity index (χ4n) is 2.00. The van der Waals surface area contributed by atoms with E-state index in [0.29, 0.717) is 10.6 Å². The lowest BCUT2D eigenvalue weighted by Crippen LogP contribution is -1.95. The van der Waals surface area contributed by atoms with Gasteiger partial charge in [0.05, 0.1) is 28.5 Å². The van der Waals surface area contributed by atoms with Gasteiger partial charge in [-0.05, 0) is 23.8 Å². The van der Waals surface area contributed by atoms with Crippen LogP contribution in [0.2, 0.25) is 5.02 Å². The van der Waals surface area contributed by atoms with Gasteiger partial charge in [0.1, 0.15) is 0 Å². The van der Waals surface area contributed by atoms with Crippen LogP contribution in [-0.4, -0.2) is 9.78 Å². The molecule has 0 aliphatic rings. The van der Waals surface area contributed by atoms with E-state index in [2.05, 4.69) is 11.2 Å². The molecule has 4 heteroatoms. The number of benzene rings is 2. The molecular formula is C16H10ClN3. The minimum absolute atomic E-state index is 0.506. The van der Waals surface area contributed by atoms with Crippen LogP contribution >= 0.6 is 11.6 Å². The Kier molecular flexibility index (Phi) is 3.24. The summed E-state index contributed by atoms with van der Waals surface area (Å²) >= 11 is 6.19. The van der Waals surface area contributed by atoms with Crippen molar-refractivity contribution in [1.29, 1.82) is 5.26 Å². The molecule has 20 heavy (non-hydrogen) atoms. The van der Waals surface area contributed by atoms with E-state index in [9.17, 15) is 0 Å². The largest absolute Gasteiger partial charge is 0.239 e. The van der Waals surface area contributed by atoms with Crippen LogP contribution in [0, 0.1) is 11.3 Å². The molecule has 0 fully saturated rings. The van der Waals surface area contributed by atoms with Crippen molar-refractivity contribution in [2.45, 2.75) is 0 Å². The zero-order chi connectivity index (χ0) is 13.9. The first-order valence-electron chi connectivity index (χ1n) is 6.08. The van der Waals surface area contributed by atoms with Crippen molar-refractivity contribution >= 4 is 11.6 Å². The summed E-state index contributed by atoms with van der Waals surface area (Å²) in [4.78, 5) is 0. The molecule has 0 aliphatic heterocycles. The van der Waals surface area contributed by atoms with Gasteiger partial charge in [-0.15, -0.1) is 0 Å². The molecule has 0 spiro atoms. The molecule has 1 aromatic heterocycles. The van der Waals surface area contributed by atoms with Crippen molar-refractivity contribution in [3.8, 4) is 22.9 Å². The summed E-state index contributed by atoms with van der Waals surface area (Å²) in [5, 5.41) is 13.7. The third-order valence-electron chi connectivity index (χ3n) is 3.01. The maximum Gasteiger partial charge on any atom is 0.0992 e. The number of hydrogen-bond acceptors (Lipinski definition) is 2. The van der Waals surface area contributed by atoms with Crippen LogP contribution in [0.15, 0.2) is 60.9 Å². The van der Waals surface area contributed by atoms with Gasteiger partial charge in [0.15, 0.2) is 0 Å². The Balaban J connectivity index is 2.01. The Bertz CT molecular complexity index is 785. The van der Waals surface area contributed by atoms with E-state index in [4.69, 9.17) is 16.9 Å². The molecule has 0 saturated heterocycles. The summed E-state index contributed by atoms with van der Waals surface area (Å²) < 4.78 is 1.71. The first-order valence-corrected chi connectivity index (χ1v) is 6.46. The fraction of sp³-hybridized carbons (Fsp3) is 0. The Morgan fingerprint density at radius 1 is 1.05 bits per heavy atom. The van der Waals surface area contributed by atoms with Crippen molar-refractivity contribution in [2.75, 3.05) is 0 Å². The van der Waals surface area contributed by atoms with Gasteiger partial charge in [-0.1, -0.05) is 41.9 Å². The van der Waals surface area contributed by atoms with Crippen LogP contribution in [-0.2, 0) is 0 Å². The average Bonchev–Trinajstić information content (AvgIpc) is 2.97. The Labute approximate surface area is 121 Å². The normalized spacial score (nSPS) is 10.2. The van der Waals surface area contributed by atoms with Gasteiger partial charge in [0.2, 0.25) is 0 Å². The maximum atomic E-state index is 8.85. The van der Waals surface area contributed by atoms with E-state index in [1.165, 1.54) is 0 Å². The molecule has 0 radical (unpaired) electrons. The van der Waals surface area contributed by atoms with Gasteiger partial charge in [-0.2, -0.15) is 10.4 Å². The van der Waals surface area contributed by atoms with E-state index < -0.39 is 0 Å². The summed E-state index contributed by atoms with van der Waals surface area (Å²) in [6.45, 7) is 0. The van der Waals surface area contributed by atoms with Crippen LogP contribution in [0.4, 0.5) is 0 Å². The molecule has 0 saturated carbocycles. The van der Waals surface area contributed by atoms with Crippen LogP contribution in [0.1, 0.15) is 5.56 Å². The lowest BCUT2D eigenvalue weighted by Gasteiger charge is -2.04. The molecule has 3 aromatic rings. The lowest BCUT2D eigenvalue weighted by molar-refractivity contribution is 0.880. The van der Waals surface area contributed by atoms with E-state index in [-0.39, 0.29) is 0 Å². The van der Waals surface area contributed by atoms with Crippen molar-refractivity contribution in [3.63, 3.8) is 0 Å². The molecule has 0 atom stereocenters. The van der Waals surface area contributed by atoms with Gasteiger partial charge < -0.3 is 0 Å². The molecule has 0 N–H and O–H groups in total. The number of nitriles is 1. The van der Waals surface area contributed by atoms with Crippen LogP contribution in [0.5, 0.6) is 0 Å². The highest BCUT2D eigenvalue weighted by atomic mass is 35.5. The predicted octanol–water partition coefficient (Wildman–Crippen LogP) is 4.06. The highest BCUT2D eigenvalue weighted by Crippen LogP contribution is 2.24. The molecule has 0 aliphatic carbocycles. The minimum Gasteiger partial charge on any atom is -0.239 e. The Hall–Kier alpha value is -2.57. The second-order valence-electron chi connectivity index (χ2n) is 4.32. The van der Waals surface area contributed by atoms with Crippen molar-refractivity contribution in [2.24, 2.45) is 0 Å². The summed E-state index contributed by atoms with van der Waals surface area (Å²) in [5.74, 6) is 0. The van der Waals surface area contributed by atoms with Crippen molar-refractivity contribution in [3.05, 3.63) is 71.5 Å². The maximum absolute atomic E-state index is 8.85. The number of aromatic nitrogens is 2. The van der Waals surface area contributed by atoms with E-state index in [1.54, 1.807) is 29.1 Å². The molecule has 1 heterocycles. The van der Waals surface area contributed by atoms with Gasteiger partial charge in [-0.3, -0.25) is 0 Å². The van der Waals surface area contributed by atoms with Gasteiger partial charge >= 0.3 is 0 Å². The summed E-state index contributed by atoms with van der Waals surface area (Å²) in [6.07, 6.45) is 3.71. The lowest BCUT2D eigenvalue weighted by atomic mass is 10.1. The minimum atomic E-state index is 0.506. The van der Waals surface area contributed by atoms with Gasteiger partial charge in [0, 0.05) is 11.8 Å². The standard InChI is InChI=1S/C16H10ClN3/c17-15-8-12(9-18)6-7-16(15)20-11-14(10-19-20)13-4-2-1-3-5-13/h1-8,10-11H. The number of nitrogens with zero attached hydrogens (tertiary/aromatic N) is 3. The summed E-state index contributed by atoms with van der Waals surface area (Å²) in [6, 6.07) is 17.2. The summed E-state index contributed by atoms with van der Waals surface area (Å²) in [7, 11) is 0. The zero-order valence-electron chi connectivity index (χ0n) is 10.5. The second kappa shape index (κ2) is 5.20. The molecule has 2 aromatic carbocycles. The second-order valence-corrected chi connectivity index (χ2v) is 4.72. The SMILES string of the molecule is N#Cc1ccc(-n2cc(-c3ccccc3)cn2)c(Cl)c1. The third kappa shape index (κ3) is 2.29. The number of halogens is 1. The molecule has 0 amide bonds. The van der Waals surface area contributed by atoms with E-state index in [1.807, 2.05) is 36.5 Å². The van der Waals surface area contributed by atoms with E-state index in [0.717, 1.165) is 16.8 Å². The van der Waals surface area contributed by atoms with Gasteiger partial charge in [0.25, 0.3) is 0 Å². The highest BCUT2D eigenvalue weighted by molar-refractivity contribution is 6.32. The average molecular weight is 280 g/mol. The first-order chi connectivity index (χ1) is 9.78. The number of hydrogen-bond donors (Lipinski definition) is 0.